The van der Waals surface area contributed by atoms with Crippen LogP contribution in [0.5, 0.6) is 5.75 Å². The van der Waals surface area contributed by atoms with Crippen LogP contribution in [-0.2, 0) is 12.8 Å². The molecule has 0 aliphatic heterocycles. The van der Waals surface area contributed by atoms with Crippen molar-refractivity contribution in [2.45, 2.75) is 33.1 Å². The highest BCUT2D eigenvalue weighted by Gasteiger charge is 2.11. The van der Waals surface area contributed by atoms with Crippen LogP contribution in [0.25, 0.3) is 0 Å². The molecular weight excluding hydrogens is 300 g/mol. The number of nitrogens with one attached hydrogen (secondary N) is 2. The zero-order valence-electron chi connectivity index (χ0n) is 14.3. The number of anilines is 1. The Labute approximate surface area is 143 Å². The van der Waals surface area contributed by atoms with Crippen LogP contribution in [0.3, 0.4) is 0 Å². The fraction of sp³-hybridized carbons (Fsp3) is 0.350. The van der Waals surface area contributed by atoms with Gasteiger partial charge in [0.15, 0.2) is 0 Å². The minimum Gasteiger partial charge on any atom is -0.492 e. The van der Waals surface area contributed by atoms with Crippen molar-refractivity contribution in [3.8, 4) is 5.75 Å². The Morgan fingerprint density at radius 3 is 2.79 bits per heavy atom. The molecule has 0 heterocycles. The molecular formula is C20H24N2O2. The fourth-order valence-electron chi connectivity index (χ4n) is 3.01. The minimum atomic E-state index is -0.207. The highest BCUT2D eigenvalue weighted by molar-refractivity contribution is 5.90. The van der Waals surface area contributed by atoms with Gasteiger partial charge < -0.3 is 15.4 Å². The van der Waals surface area contributed by atoms with E-state index in [0.717, 1.165) is 29.0 Å². The van der Waals surface area contributed by atoms with Crippen molar-refractivity contribution in [1.29, 1.82) is 0 Å². The first-order valence-corrected chi connectivity index (χ1v) is 8.48. The second-order valence-electron chi connectivity index (χ2n) is 6.33. The van der Waals surface area contributed by atoms with Gasteiger partial charge in [-0.3, -0.25) is 0 Å². The van der Waals surface area contributed by atoms with Crippen LogP contribution in [0.1, 0.15) is 28.7 Å². The summed E-state index contributed by atoms with van der Waals surface area (Å²) < 4.78 is 5.73. The van der Waals surface area contributed by atoms with Gasteiger partial charge in [0.2, 0.25) is 0 Å². The number of amides is 2. The molecule has 126 valence electrons. The Morgan fingerprint density at radius 2 is 1.92 bits per heavy atom. The van der Waals surface area contributed by atoms with E-state index in [4.69, 9.17) is 4.74 Å². The third kappa shape index (κ3) is 4.07. The quantitative estimate of drug-likeness (QED) is 0.817. The lowest BCUT2D eigenvalue weighted by Gasteiger charge is -2.12. The van der Waals surface area contributed by atoms with E-state index in [0.29, 0.717) is 13.2 Å². The first-order chi connectivity index (χ1) is 11.6. The Hall–Kier alpha value is -2.49. The van der Waals surface area contributed by atoms with E-state index in [9.17, 15) is 4.79 Å². The van der Waals surface area contributed by atoms with Gasteiger partial charge in [-0.2, -0.15) is 0 Å². The topological polar surface area (TPSA) is 50.4 Å². The van der Waals surface area contributed by atoms with E-state index >= 15 is 0 Å². The number of carbonyl (C=O) groups excluding carboxylic acids is 1. The molecule has 0 saturated heterocycles. The Morgan fingerprint density at radius 1 is 1.08 bits per heavy atom. The molecule has 0 bridgehead atoms. The first kappa shape index (κ1) is 16.4. The SMILES string of the molecule is Cc1ccc(C)c(NC(=O)NCCOc2ccc3c(c2)CCC3)c1. The van der Waals surface area contributed by atoms with Gasteiger partial charge in [0.25, 0.3) is 0 Å². The molecule has 0 fully saturated rings. The predicted octanol–water partition coefficient (Wildman–Crippen LogP) is 3.99. The highest BCUT2D eigenvalue weighted by atomic mass is 16.5. The van der Waals surface area contributed by atoms with Gasteiger partial charge in [-0.05, 0) is 73.6 Å². The van der Waals surface area contributed by atoms with Crippen LogP contribution in [0.2, 0.25) is 0 Å². The van der Waals surface area contributed by atoms with Gasteiger partial charge >= 0.3 is 6.03 Å². The summed E-state index contributed by atoms with van der Waals surface area (Å²) in [5.74, 6) is 0.882. The molecule has 24 heavy (non-hydrogen) atoms. The van der Waals surface area contributed by atoms with Crippen molar-refractivity contribution in [2.75, 3.05) is 18.5 Å². The van der Waals surface area contributed by atoms with Crippen molar-refractivity contribution in [2.24, 2.45) is 0 Å². The van der Waals surface area contributed by atoms with Crippen LogP contribution >= 0.6 is 0 Å². The molecule has 4 nitrogen and oxygen atoms in total. The Kier molecular flexibility index (Phi) is 5.04. The maximum Gasteiger partial charge on any atom is 0.319 e. The molecule has 0 spiro atoms. The highest BCUT2D eigenvalue weighted by Crippen LogP contribution is 2.25. The number of benzene rings is 2. The number of urea groups is 1. The van der Waals surface area contributed by atoms with Crippen LogP contribution in [0.15, 0.2) is 36.4 Å². The molecule has 0 aromatic heterocycles. The van der Waals surface area contributed by atoms with Gasteiger partial charge in [0.05, 0.1) is 6.54 Å². The van der Waals surface area contributed by atoms with Crippen molar-refractivity contribution >= 4 is 11.7 Å². The molecule has 1 aliphatic rings. The number of aryl methyl sites for hydroxylation is 4. The van der Waals surface area contributed by atoms with E-state index in [1.807, 2.05) is 38.1 Å². The average molecular weight is 324 g/mol. The zero-order valence-corrected chi connectivity index (χ0v) is 14.3. The van der Waals surface area contributed by atoms with Gasteiger partial charge in [-0.1, -0.05) is 18.2 Å². The monoisotopic (exact) mass is 324 g/mol. The van der Waals surface area contributed by atoms with Crippen molar-refractivity contribution in [1.82, 2.24) is 5.32 Å². The number of ether oxygens (including phenoxy) is 1. The summed E-state index contributed by atoms with van der Waals surface area (Å²) in [6.07, 6.45) is 3.55. The third-order valence-corrected chi connectivity index (χ3v) is 4.37. The lowest BCUT2D eigenvalue weighted by molar-refractivity contribution is 0.247. The predicted molar refractivity (Wildman–Crippen MR) is 96.9 cm³/mol. The number of hydrogen-bond donors (Lipinski definition) is 2. The molecule has 3 rings (SSSR count). The van der Waals surface area contributed by atoms with Gasteiger partial charge in [-0.25, -0.2) is 4.79 Å². The van der Waals surface area contributed by atoms with E-state index in [1.165, 1.54) is 24.0 Å². The van der Waals surface area contributed by atoms with E-state index < -0.39 is 0 Å². The Balaban J connectivity index is 1.43. The standard InChI is InChI=1S/C20H24N2O2/c1-14-6-7-15(2)19(12-14)22-20(23)21-10-11-24-18-9-8-16-4-3-5-17(16)13-18/h6-9,12-13H,3-5,10-11H2,1-2H3,(H2,21,22,23). The first-order valence-electron chi connectivity index (χ1n) is 8.48. The Bertz CT molecular complexity index is 740. The molecule has 2 N–H and O–H groups in total. The van der Waals surface area contributed by atoms with Crippen LogP contribution in [0.4, 0.5) is 10.5 Å². The molecule has 0 radical (unpaired) electrons. The molecule has 2 aromatic rings. The summed E-state index contributed by atoms with van der Waals surface area (Å²) >= 11 is 0. The summed E-state index contributed by atoms with van der Waals surface area (Å²) in [7, 11) is 0. The normalized spacial score (nSPS) is 12.6. The minimum absolute atomic E-state index is 0.207. The van der Waals surface area contributed by atoms with Gasteiger partial charge in [-0.15, -0.1) is 0 Å². The number of hydrogen-bond acceptors (Lipinski definition) is 2. The third-order valence-electron chi connectivity index (χ3n) is 4.37. The van der Waals surface area contributed by atoms with E-state index in [-0.39, 0.29) is 6.03 Å². The fourth-order valence-corrected chi connectivity index (χ4v) is 3.01. The molecule has 4 heteroatoms. The van der Waals surface area contributed by atoms with Crippen molar-refractivity contribution < 1.29 is 9.53 Å². The summed E-state index contributed by atoms with van der Waals surface area (Å²) in [5.41, 5.74) is 5.84. The molecule has 2 aromatic carbocycles. The molecule has 1 aliphatic carbocycles. The van der Waals surface area contributed by atoms with Crippen LogP contribution < -0.4 is 15.4 Å². The van der Waals surface area contributed by atoms with Crippen molar-refractivity contribution in [3.63, 3.8) is 0 Å². The van der Waals surface area contributed by atoms with E-state index in [1.54, 1.807) is 0 Å². The zero-order chi connectivity index (χ0) is 16.9. The molecule has 2 amide bonds. The second kappa shape index (κ2) is 7.39. The lowest BCUT2D eigenvalue weighted by atomic mass is 10.1. The molecule has 0 unspecified atom stereocenters. The average Bonchev–Trinajstić information content (AvgIpc) is 3.03. The van der Waals surface area contributed by atoms with Gasteiger partial charge in [0.1, 0.15) is 12.4 Å². The summed E-state index contributed by atoms with van der Waals surface area (Å²) in [4.78, 5) is 12.0. The summed E-state index contributed by atoms with van der Waals surface area (Å²) in [5, 5.41) is 5.70. The molecule has 0 atom stereocenters. The maximum absolute atomic E-state index is 12.0. The lowest BCUT2D eigenvalue weighted by Crippen LogP contribution is -2.32. The number of carbonyl (C=O) groups is 1. The summed E-state index contributed by atoms with van der Waals surface area (Å²) in [6, 6.07) is 12.1. The second-order valence-corrected chi connectivity index (χ2v) is 6.33. The van der Waals surface area contributed by atoms with Crippen LogP contribution in [-0.4, -0.2) is 19.2 Å². The van der Waals surface area contributed by atoms with Crippen molar-refractivity contribution in [3.05, 3.63) is 58.7 Å². The molecule has 0 saturated carbocycles. The number of rotatable bonds is 5. The van der Waals surface area contributed by atoms with E-state index in [2.05, 4.69) is 22.8 Å². The van der Waals surface area contributed by atoms with Gasteiger partial charge in [0, 0.05) is 5.69 Å². The number of fused-ring (bicyclic) bond motifs is 1. The largest absolute Gasteiger partial charge is 0.492 e. The summed E-state index contributed by atoms with van der Waals surface area (Å²) in [6.45, 7) is 4.91. The smallest absolute Gasteiger partial charge is 0.319 e. The maximum atomic E-state index is 12.0. The van der Waals surface area contributed by atoms with Crippen LogP contribution in [0, 0.1) is 13.8 Å².